The number of nitrogens with zero attached hydrogens (tertiary/aromatic N) is 2. The summed E-state index contributed by atoms with van der Waals surface area (Å²) in [6, 6.07) is 9.02. The zero-order valence-corrected chi connectivity index (χ0v) is 14.6. The van der Waals surface area contributed by atoms with E-state index in [1.54, 1.807) is 4.90 Å². The molecule has 0 spiro atoms. The first-order valence-corrected chi connectivity index (χ1v) is 8.86. The summed E-state index contributed by atoms with van der Waals surface area (Å²) in [6.07, 6.45) is 4.92. The third-order valence-electron chi connectivity index (χ3n) is 5.06. The summed E-state index contributed by atoms with van der Waals surface area (Å²) in [6.45, 7) is 1.14. The van der Waals surface area contributed by atoms with Crippen molar-refractivity contribution >= 4 is 17.9 Å². The number of hydrogen-bond donors (Lipinski definition) is 0. The molecule has 1 aliphatic carbocycles. The van der Waals surface area contributed by atoms with Gasteiger partial charge in [0, 0.05) is 31.7 Å². The van der Waals surface area contributed by atoms with Crippen LogP contribution in [0.15, 0.2) is 42.5 Å². The van der Waals surface area contributed by atoms with Gasteiger partial charge in [-0.05, 0) is 41.8 Å². The van der Waals surface area contributed by atoms with Gasteiger partial charge in [0.15, 0.2) is 0 Å². The molecule has 1 fully saturated rings. The average molecular weight is 368 g/mol. The summed E-state index contributed by atoms with van der Waals surface area (Å²) in [4.78, 5) is 28.2. The van der Waals surface area contributed by atoms with Gasteiger partial charge in [0.05, 0.1) is 0 Å². The van der Waals surface area contributed by atoms with Crippen LogP contribution >= 0.6 is 0 Å². The molecule has 138 valence electrons. The largest absolute Gasteiger partial charge is 0.335 e. The van der Waals surface area contributed by atoms with Crippen LogP contribution in [-0.4, -0.2) is 47.8 Å². The predicted octanol–water partition coefficient (Wildman–Crippen LogP) is 3.13. The number of fused-ring (bicyclic) bond motifs is 1. The van der Waals surface area contributed by atoms with Crippen LogP contribution in [0.1, 0.15) is 31.8 Å². The fourth-order valence-corrected chi connectivity index (χ4v) is 3.55. The minimum atomic E-state index is -0.870. The van der Waals surface area contributed by atoms with E-state index >= 15 is 0 Å². The second-order valence-corrected chi connectivity index (χ2v) is 6.70. The summed E-state index contributed by atoms with van der Waals surface area (Å²) in [5, 5.41) is 0. The first-order valence-electron chi connectivity index (χ1n) is 8.86. The third kappa shape index (κ3) is 3.23. The van der Waals surface area contributed by atoms with Gasteiger partial charge in [-0.2, -0.15) is 0 Å². The van der Waals surface area contributed by atoms with Crippen molar-refractivity contribution in [1.29, 1.82) is 0 Å². The molecule has 1 saturated heterocycles. The Kier molecular flexibility index (Phi) is 4.48. The zero-order valence-electron chi connectivity index (χ0n) is 14.6. The lowest BCUT2D eigenvalue weighted by Gasteiger charge is -2.35. The van der Waals surface area contributed by atoms with Crippen LogP contribution in [0.25, 0.3) is 6.08 Å². The number of amides is 2. The number of carbonyl (C=O) groups excluding carboxylic acids is 2. The van der Waals surface area contributed by atoms with E-state index in [1.807, 2.05) is 24.3 Å². The first-order chi connectivity index (χ1) is 13.0. The molecule has 4 rings (SSSR count). The molecule has 0 aromatic heterocycles. The number of carbonyl (C=O) groups is 2. The van der Waals surface area contributed by atoms with Crippen molar-refractivity contribution in [3.05, 3.63) is 76.4 Å². The van der Waals surface area contributed by atoms with Gasteiger partial charge in [0.25, 0.3) is 11.8 Å². The molecule has 0 atom stereocenters. The lowest BCUT2D eigenvalue weighted by atomic mass is 10.0. The Balaban J connectivity index is 1.43. The molecule has 0 unspecified atom stereocenters. The summed E-state index contributed by atoms with van der Waals surface area (Å²) >= 11 is 0. The van der Waals surface area contributed by atoms with Gasteiger partial charge in [0.1, 0.15) is 17.2 Å². The van der Waals surface area contributed by atoms with E-state index in [-0.39, 0.29) is 19.0 Å². The maximum Gasteiger partial charge on any atom is 0.259 e. The molecule has 1 aliphatic heterocycles. The molecule has 1 heterocycles. The molecule has 4 nitrogen and oxygen atoms in total. The molecule has 2 aliphatic rings. The Morgan fingerprint density at radius 1 is 0.852 bits per heavy atom. The second-order valence-electron chi connectivity index (χ2n) is 6.70. The minimum Gasteiger partial charge on any atom is -0.335 e. The standard InChI is InChI=1S/C21H18F2N2O2/c22-17-5-2-6-18(23)19(17)21(27)25-11-9-24(10-12-25)20(26)16-8-7-14-3-1-4-15(14)13-16/h1-3,5-8,13H,4,9-12H2. The van der Waals surface area contributed by atoms with E-state index in [2.05, 4.69) is 6.08 Å². The van der Waals surface area contributed by atoms with Gasteiger partial charge >= 0.3 is 0 Å². The van der Waals surface area contributed by atoms with Crippen molar-refractivity contribution < 1.29 is 18.4 Å². The predicted molar refractivity (Wildman–Crippen MR) is 97.3 cm³/mol. The number of allylic oxidation sites excluding steroid dienone is 1. The molecule has 27 heavy (non-hydrogen) atoms. The van der Waals surface area contributed by atoms with Crippen LogP contribution in [0.4, 0.5) is 8.78 Å². The summed E-state index contributed by atoms with van der Waals surface area (Å²) in [5.41, 5.74) is 2.35. The summed E-state index contributed by atoms with van der Waals surface area (Å²) < 4.78 is 27.7. The lowest BCUT2D eigenvalue weighted by Crippen LogP contribution is -2.50. The maximum atomic E-state index is 13.8. The van der Waals surface area contributed by atoms with Gasteiger partial charge in [-0.3, -0.25) is 9.59 Å². The Labute approximate surface area is 155 Å². The monoisotopic (exact) mass is 368 g/mol. The molecule has 0 bridgehead atoms. The normalized spacial score (nSPS) is 15.8. The van der Waals surface area contributed by atoms with Gasteiger partial charge in [-0.15, -0.1) is 0 Å². The molecule has 0 saturated carbocycles. The Morgan fingerprint density at radius 2 is 1.48 bits per heavy atom. The van der Waals surface area contributed by atoms with Gasteiger partial charge in [0.2, 0.25) is 0 Å². The van der Waals surface area contributed by atoms with Crippen molar-refractivity contribution in [2.45, 2.75) is 6.42 Å². The minimum absolute atomic E-state index is 0.0890. The van der Waals surface area contributed by atoms with Gasteiger partial charge in [-0.25, -0.2) is 8.78 Å². The molecule has 0 radical (unpaired) electrons. The summed E-state index contributed by atoms with van der Waals surface area (Å²) in [7, 11) is 0. The maximum absolute atomic E-state index is 13.8. The highest BCUT2D eigenvalue weighted by atomic mass is 19.1. The van der Waals surface area contributed by atoms with Crippen LogP contribution in [0.3, 0.4) is 0 Å². The Bertz CT molecular complexity index is 927. The molecule has 6 heteroatoms. The van der Waals surface area contributed by atoms with Crippen molar-refractivity contribution in [3.8, 4) is 0 Å². The number of rotatable bonds is 2. The van der Waals surface area contributed by atoms with Crippen LogP contribution in [-0.2, 0) is 6.42 Å². The SMILES string of the molecule is O=C(c1ccc2c(c1)CC=C2)N1CCN(C(=O)c2c(F)cccc2F)CC1. The van der Waals surface area contributed by atoms with E-state index in [0.717, 1.165) is 29.7 Å². The highest BCUT2D eigenvalue weighted by molar-refractivity contribution is 5.96. The third-order valence-corrected chi connectivity index (χ3v) is 5.06. The van der Waals surface area contributed by atoms with E-state index in [1.165, 1.54) is 11.0 Å². The topological polar surface area (TPSA) is 40.6 Å². The van der Waals surface area contributed by atoms with Crippen LogP contribution < -0.4 is 0 Å². The van der Waals surface area contributed by atoms with Crippen LogP contribution in [0.5, 0.6) is 0 Å². The van der Waals surface area contributed by atoms with Crippen molar-refractivity contribution in [2.24, 2.45) is 0 Å². The van der Waals surface area contributed by atoms with Crippen LogP contribution in [0.2, 0.25) is 0 Å². The fourth-order valence-electron chi connectivity index (χ4n) is 3.55. The van der Waals surface area contributed by atoms with E-state index < -0.39 is 23.1 Å². The number of piperazine rings is 1. The highest BCUT2D eigenvalue weighted by Crippen LogP contribution is 2.22. The second kappa shape index (κ2) is 6.95. The van der Waals surface area contributed by atoms with Crippen LogP contribution in [0, 0.1) is 11.6 Å². The molecular formula is C21H18F2N2O2. The molecule has 2 amide bonds. The lowest BCUT2D eigenvalue weighted by molar-refractivity contribution is 0.0530. The van der Waals surface area contributed by atoms with Gasteiger partial charge in [-0.1, -0.05) is 24.3 Å². The highest BCUT2D eigenvalue weighted by Gasteiger charge is 2.28. The van der Waals surface area contributed by atoms with Crippen molar-refractivity contribution in [3.63, 3.8) is 0 Å². The number of halogens is 2. The van der Waals surface area contributed by atoms with E-state index in [9.17, 15) is 18.4 Å². The van der Waals surface area contributed by atoms with Crippen molar-refractivity contribution in [1.82, 2.24) is 9.80 Å². The number of benzene rings is 2. The quantitative estimate of drug-likeness (QED) is 0.817. The molecule has 2 aromatic carbocycles. The molecule has 0 N–H and O–H groups in total. The Morgan fingerprint density at radius 3 is 2.15 bits per heavy atom. The smallest absolute Gasteiger partial charge is 0.259 e. The zero-order chi connectivity index (χ0) is 19.0. The molecular weight excluding hydrogens is 350 g/mol. The molecule has 2 aromatic rings. The van der Waals surface area contributed by atoms with E-state index in [0.29, 0.717) is 18.7 Å². The number of hydrogen-bond acceptors (Lipinski definition) is 2. The average Bonchev–Trinajstić information content (AvgIpc) is 3.15. The summed E-state index contributed by atoms with van der Waals surface area (Å²) in [5.74, 6) is -2.51. The van der Waals surface area contributed by atoms with Crippen molar-refractivity contribution in [2.75, 3.05) is 26.2 Å². The van der Waals surface area contributed by atoms with E-state index in [4.69, 9.17) is 0 Å². The Hall–Kier alpha value is -3.02. The van der Waals surface area contributed by atoms with Gasteiger partial charge < -0.3 is 9.80 Å². The first kappa shape index (κ1) is 17.4. The fraction of sp³-hybridized carbons (Fsp3) is 0.238.